The van der Waals surface area contributed by atoms with Crippen molar-refractivity contribution in [2.75, 3.05) is 6.61 Å². The largest absolute Gasteiger partial charge is 0.461 e. The van der Waals surface area contributed by atoms with Crippen LogP contribution in [-0.2, 0) is 14.3 Å². The van der Waals surface area contributed by atoms with Gasteiger partial charge in [-0.15, -0.1) is 0 Å². The molecule has 0 aliphatic carbocycles. The highest BCUT2D eigenvalue weighted by Crippen LogP contribution is 2.04. The molecule has 0 aromatic carbocycles. The Morgan fingerprint density at radius 2 is 2.77 bits per heavy atom. The number of hydrogen-bond acceptors (Lipinski definition) is 7. The van der Waals surface area contributed by atoms with Crippen molar-refractivity contribution in [3.63, 3.8) is 0 Å². The highest BCUT2D eigenvalue weighted by atomic mass is 16.5. The number of nitrogens with one attached hydrogen (secondary N) is 3. The maximum atomic E-state index is 11.1. The minimum Gasteiger partial charge on any atom is -0.461 e. The average Bonchev–Trinajstić information content (AvgIpc) is 2.62. The summed E-state index contributed by atoms with van der Waals surface area (Å²) in [6.07, 6.45) is 1.58. The van der Waals surface area contributed by atoms with Gasteiger partial charge in [-0.05, 0) is 0 Å². The summed E-state index contributed by atoms with van der Waals surface area (Å²) >= 11 is 0. The van der Waals surface area contributed by atoms with Crippen LogP contribution >= 0.6 is 0 Å². The minimum atomic E-state index is -0.609. The van der Waals surface area contributed by atoms with E-state index < -0.39 is 12.3 Å². The Kier molecular flexibility index (Phi) is 3.23. The molecule has 0 saturated heterocycles. The molecule has 0 saturated carbocycles. The number of esters is 1. The van der Waals surface area contributed by atoms with E-state index in [1.165, 1.54) is 6.26 Å². The quantitative estimate of drug-likeness (QED) is 0.182. The fourth-order valence-corrected chi connectivity index (χ4v) is 0.728. The van der Waals surface area contributed by atoms with Gasteiger partial charge in [-0.3, -0.25) is 5.84 Å². The van der Waals surface area contributed by atoms with Crippen molar-refractivity contribution in [2.45, 2.75) is 6.35 Å². The topological polar surface area (TPSA) is 109 Å². The van der Waals surface area contributed by atoms with Crippen molar-refractivity contribution >= 4 is 12.2 Å². The van der Waals surface area contributed by atoms with Gasteiger partial charge in [0.05, 0.1) is 0 Å². The Balaban J connectivity index is 2.36. The molecule has 1 rings (SSSR count). The predicted molar refractivity (Wildman–Crippen MR) is 43.2 cm³/mol. The summed E-state index contributed by atoms with van der Waals surface area (Å²) in [5, 5.41) is 9.24. The second kappa shape index (κ2) is 4.43. The first-order chi connectivity index (χ1) is 6.27. The van der Waals surface area contributed by atoms with Crippen molar-refractivity contribution in [1.29, 1.82) is 5.41 Å². The summed E-state index contributed by atoms with van der Waals surface area (Å²) in [6.45, 7) is -0.0570. The molecule has 1 heterocycles. The fourth-order valence-electron chi connectivity index (χ4n) is 0.728. The highest BCUT2D eigenvalue weighted by Gasteiger charge is 2.21. The van der Waals surface area contributed by atoms with Crippen LogP contribution in [0.5, 0.6) is 0 Å². The molecule has 1 unspecified atom stereocenters. The lowest BCUT2D eigenvalue weighted by Gasteiger charge is -2.09. The Labute approximate surface area is 74.4 Å². The Morgan fingerprint density at radius 1 is 2.00 bits per heavy atom. The van der Waals surface area contributed by atoms with E-state index in [-0.39, 0.29) is 12.3 Å². The van der Waals surface area contributed by atoms with Crippen LogP contribution in [0.3, 0.4) is 0 Å². The van der Waals surface area contributed by atoms with Gasteiger partial charge in [-0.1, -0.05) is 0 Å². The maximum Gasteiger partial charge on any atom is 0.358 e. The summed E-state index contributed by atoms with van der Waals surface area (Å²) in [5.74, 6) is 4.46. The lowest BCUT2D eigenvalue weighted by atomic mass is 10.5. The molecule has 7 nitrogen and oxygen atoms in total. The van der Waals surface area contributed by atoms with Crippen LogP contribution in [0.15, 0.2) is 12.0 Å². The van der Waals surface area contributed by atoms with E-state index in [4.69, 9.17) is 16.0 Å². The third-order valence-corrected chi connectivity index (χ3v) is 1.28. The molecular formula is C6H10N4O3. The normalized spacial score (nSPS) is 19.8. The second-order valence-electron chi connectivity index (χ2n) is 2.16. The summed E-state index contributed by atoms with van der Waals surface area (Å²) in [5.41, 5.74) is 2.44. The molecule has 1 atom stereocenters. The Morgan fingerprint density at radius 3 is 3.31 bits per heavy atom. The monoisotopic (exact) mass is 186 g/mol. The molecule has 13 heavy (non-hydrogen) atoms. The molecule has 0 amide bonds. The summed E-state index contributed by atoms with van der Waals surface area (Å²) in [4.78, 5) is 11.1. The summed E-state index contributed by atoms with van der Waals surface area (Å²) in [7, 11) is 0. The highest BCUT2D eigenvalue weighted by molar-refractivity contribution is 5.88. The molecule has 1 aliphatic heterocycles. The van der Waals surface area contributed by atoms with E-state index in [1.807, 2.05) is 0 Å². The first-order valence-corrected chi connectivity index (χ1v) is 3.52. The SMILES string of the molecule is N=CCOC(=O)C1=COC(NN)N1. The van der Waals surface area contributed by atoms with Crippen molar-refractivity contribution < 1.29 is 14.3 Å². The van der Waals surface area contributed by atoms with Gasteiger partial charge in [0.25, 0.3) is 0 Å². The first-order valence-electron chi connectivity index (χ1n) is 3.52. The van der Waals surface area contributed by atoms with E-state index >= 15 is 0 Å². The zero-order chi connectivity index (χ0) is 9.68. The van der Waals surface area contributed by atoms with Crippen molar-refractivity contribution in [1.82, 2.24) is 10.7 Å². The molecule has 0 fully saturated rings. The van der Waals surface area contributed by atoms with E-state index in [2.05, 4.69) is 15.5 Å². The zero-order valence-electron chi connectivity index (χ0n) is 6.74. The number of rotatable bonds is 4. The number of carbonyl (C=O) groups is 1. The van der Waals surface area contributed by atoms with Crippen molar-refractivity contribution in [2.24, 2.45) is 5.84 Å². The molecule has 0 radical (unpaired) electrons. The van der Waals surface area contributed by atoms with Crippen LogP contribution in [0.1, 0.15) is 0 Å². The van der Waals surface area contributed by atoms with Crippen molar-refractivity contribution in [3.05, 3.63) is 12.0 Å². The molecule has 7 heteroatoms. The lowest BCUT2D eigenvalue weighted by Crippen LogP contribution is -2.44. The van der Waals surface area contributed by atoms with Crippen LogP contribution in [0.2, 0.25) is 0 Å². The fraction of sp³-hybridized carbons (Fsp3) is 0.333. The number of nitrogens with two attached hydrogens (primary N) is 1. The smallest absolute Gasteiger partial charge is 0.358 e. The molecule has 0 aromatic heterocycles. The maximum absolute atomic E-state index is 11.1. The van der Waals surface area contributed by atoms with Gasteiger partial charge in [0, 0.05) is 6.21 Å². The number of hydrogen-bond donors (Lipinski definition) is 4. The van der Waals surface area contributed by atoms with Crippen LogP contribution in [0, 0.1) is 5.41 Å². The molecule has 72 valence electrons. The van der Waals surface area contributed by atoms with Gasteiger partial charge in [0.15, 0.2) is 5.70 Å². The number of ether oxygens (including phenoxy) is 2. The number of carbonyl (C=O) groups excluding carboxylic acids is 1. The Hall–Kier alpha value is -1.60. The van der Waals surface area contributed by atoms with E-state index in [0.717, 1.165) is 6.21 Å². The number of hydrazine groups is 1. The van der Waals surface area contributed by atoms with Gasteiger partial charge < -0.3 is 20.2 Å². The van der Waals surface area contributed by atoms with Crippen LogP contribution in [0.25, 0.3) is 0 Å². The summed E-state index contributed by atoms with van der Waals surface area (Å²) in [6, 6.07) is 0. The average molecular weight is 186 g/mol. The molecule has 5 N–H and O–H groups in total. The van der Waals surface area contributed by atoms with Crippen molar-refractivity contribution in [3.8, 4) is 0 Å². The lowest BCUT2D eigenvalue weighted by molar-refractivity contribution is -0.137. The van der Waals surface area contributed by atoms with Crippen LogP contribution < -0.4 is 16.6 Å². The van der Waals surface area contributed by atoms with E-state index in [9.17, 15) is 4.79 Å². The molecule has 0 bridgehead atoms. The molecule has 1 aliphatic rings. The zero-order valence-corrected chi connectivity index (χ0v) is 6.74. The predicted octanol–water partition coefficient (Wildman–Crippen LogP) is -1.61. The van der Waals surface area contributed by atoms with E-state index in [0.29, 0.717) is 0 Å². The van der Waals surface area contributed by atoms with E-state index in [1.54, 1.807) is 0 Å². The minimum absolute atomic E-state index is 0.0570. The van der Waals surface area contributed by atoms with Crippen LogP contribution in [0.4, 0.5) is 0 Å². The first kappa shape index (κ1) is 9.49. The van der Waals surface area contributed by atoms with Gasteiger partial charge in [0.2, 0.25) is 6.35 Å². The van der Waals surface area contributed by atoms with Gasteiger partial charge in [-0.25, -0.2) is 10.2 Å². The molecular weight excluding hydrogens is 176 g/mol. The Bertz CT molecular complexity index is 240. The summed E-state index contributed by atoms with van der Waals surface area (Å²) < 4.78 is 9.46. The van der Waals surface area contributed by atoms with Gasteiger partial charge >= 0.3 is 5.97 Å². The standard InChI is InChI=1S/C6H10N4O3/c7-1-2-12-5(11)4-3-13-6(9-4)10-8/h1,3,6-7,9-10H,2,8H2. The second-order valence-corrected chi connectivity index (χ2v) is 2.16. The van der Waals surface area contributed by atoms with Gasteiger partial charge in [-0.2, -0.15) is 0 Å². The van der Waals surface area contributed by atoms with Gasteiger partial charge in [0.1, 0.15) is 12.9 Å². The molecule has 0 aromatic rings. The third kappa shape index (κ3) is 2.42. The van der Waals surface area contributed by atoms with Crippen LogP contribution in [-0.4, -0.2) is 25.1 Å². The third-order valence-electron chi connectivity index (χ3n) is 1.28. The molecule has 0 spiro atoms.